The molecular formula is C59H107NO3. The van der Waals surface area contributed by atoms with Gasteiger partial charge in [0.15, 0.2) is 0 Å². The van der Waals surface area contributed by atoms with Gasteiger partial charge in [-0.25, -0.2) is 0 Å². The maximum atomic E-state index is 12.4. The minimum atomic E-state index is -0.871. The summed E-state index contributed by atoms with van der Waals surface area (Å²) in [5, 5.41) is 23.1. The molecule has 366 valence electrons. The molecule has 0 aliphatic carbocycles. The Morgan fingerprint density at radius 3 is 1.11 bits per heavy atom. The van der Waals surface area contributed by atoms with Gasteiger partial charge in [0, 0.05) is 6.42 Å². The van der Waals surface area contributed by atoms with E-state index in [0.29, 0.717) is 6.42 Å². The van der Waals surface area contributed by atoms with Crippen molar-refractivity contribution < 1.29 is 15.0 Å². The second kappa shape index (κ2) is 54.2. The van der Waals surface area contributed by atoms with Crippen molar-refractivity contribution in [3.05, 3.63) is 72.9 Å². The van der Waals surface area contributed by atoms with E-state index >= 15 is 0 Å². The molecule has 0 radical (unpaired) electrons. The molecular weight excluding hydrogens is 771 g/mol. The van der Waals surface area contributed by atoms with Crippen LogP contribution in [0.4, 0.5) is 0 Å². The number of carbonyl (C=O) groups is 1. The van der Waals surface area contributed by atoms with Crippen LogP contribution in [0.5, 0.6) is 0 Å². The Balaban J connectivity index is 3.55. The maximum absolute atomic E-state index is 12.4. The van der Waals surface area contributed by atoms with Crippen molar-refractivity contribution in [2.24, 2.45) is 0 Å². The molecule has 63 heavy (non-hydrogen) atoms. The minimum Gasteiger partial charge on any atom is -0.394 e. The number of nitrogens with one attached hydrogen (secondary N) is 1. The van der Waals surface area contributed by atoms with Crippen LogP contribution in [0.2, 0.25) is 0 Å². The summed E-state index contributed by atoms with van der Waals surface area (Å²) >= 11 is 0. The first-order chi connectivity index (χ1) is 31.2. The highest BCUT2D eigenvalue weighted by Crippen LogP contribution is 2.17. The number of carbonyl (C=O) groups excluding carboxylic acids is 1. The average molecular weight is 879 g/mol. The third-order valence-corrected chi connectivity index (χ3v) is 12.4. The van der Waals surface area contributed by atoms with E-state index in [1.165, 1.54) is 193 Å². The fourth-order valence-corrected chi connectivity index (χ4v) is 8.25. The molecule has 1 amide bonds. The molecule has 0 saturated heterocycles. The Bertz CT molecular complexity index is 1090. The molecule has 0 aromatic carbocycles. The first-order valence-electron chi connectivity index (χ1n) is 27.7. The van der Waals surface area contributed by atoms with E-state index in [1.807, 2.05) is 6.08 Å². The summed E-state index contributed by atoms with van der Waals surface area (Å²) in [6.07, 6.45) is 77.8. The zero-order valence-corrected chi connectivity index (χ0v) is 42.1. The highest BCUT2D eigenvalue weighted by Gasteiger charge is 2.18. The Morgan fingerprint density at radius 1 is 0.397 bits per heavy atom. The fourth-order valence-electron chi connectivity index (χ4n) is 8.25. The van der Waals surface area contributed by atoms with Gasteiger partial charge in [0.1, 0.15) is 0 Å². The van der Waals surface area contributed by atoms with Gasteiger partial charge >= 0.3 is 0 Å². The summed E-state index contributed by atoms with van der Waals surface area (Å²) in [4.78, 5) is 12.4. The predicted molar refractivity (Wildman–Crippen MR) is 281 cm³/mol. The minimum absolute atomic E-state index is 0.0824. The van der Waals surface area contributed by atoms with Gasteiger partial charge in [-0.15, -0.1) is 0 Å². The smallest absolute Gasteiger partial charge is 0.220 e. The van der Waals surface area contributed by atoms with E-state index in [2.05, 4.69) is 79.9 Å². The van der Waals surface area contributed by atoms with Gasteiger partial charge in [-0.3, -0.25) is 4.79 Å². The number of allylic oxidation sites excluding steroid dienone is 11. The van der Waals surface area contributed by atoms with E-state index in [9.17, 15) is 15.0 Å². The number of amides is 1. The van der Waals surface area contributed by atoms with E-state index in [4.69, 9.17) is 0 Å². The van der Waals surface area contributed by atoms with Gasteiger partial charge in [-0.2, -0.15) is 0 Å². The summed E-state index contributed by atoms with van der Waals surface area (Å²) in [5.74, 6) is -0.0824. The van der Waals surface area contributed by atoms with Gasteiger partial charge in [-0.05, 0) is 70.6 Å². The highest BCUT2D eigenvalue weighted by atomic mass is 16.3. The molecule has 0 saturated carbocycles. The van der Waals surface area contributed by atoms with Crippen LogP contribution < -0.4 is 5.32 Å². The Hall–Kier alpha value is -2.17. The number of aliphatic hydroxyl groups is 2. The largest absolute Gasteiger partial charge is 0.394 e. The summed E-state index contributed by atoms with van der Waals surface area (Å²) in [6.45, 7) is 4.20. The molecule has 0 rings (SSSR count). The normalized spacial score (nSPS) is 13.4. The van der Waals surface area contributed by atoms with Crippen LogP contribution in [0, 0.1) is 0 Å². The molecule has 0 aliphatic heterocycles. The van der Waals surface area contributed by atoms with Crippen molar-refractivity contribution in [2.75, 3.05) is 6.61 Å². The Morgan fingerprint density at radius 2 is 0.714 bits per heavy atom. The number of rotatable bonds is 50. The van der Waals surface area contributed by atoms with E-state index < -0.39 is 12.1 Å². The third kappa shape index (κ3) is 50.7. The van der Waals surface area contributed by atoms with Crippen LogP contribution in [0.3, 0.4) is 0 Å². The molecule has 2 unspecified atom stereocenters. The van der Waals surface area contributed by atoms with Crippen molar-refractivity contribution in [1.82, 2.24) is 5.32 Å². The molecule has 0 aliphatic rings. The monoisotopic (exact) mass is 878 g/mol. The van der Waals surface area contributed by atoms with Crippen LogP contribution in [0.25, 0.3) is 0 Å². The van der Waals surface area contributed by atoms with E-state index in [-0.39, 0.29) is 12.5 Å². The molecule has 4 nitrogen and oxygen atoms in total. The molecule has 4 heteroatoms. The molecule has 0 fully saturated rings. The topological polar surface area (TPSA) is 69.6 Å². The average Bonchev–Trinajstić information content (AvgIpc) is 3.29. The maximum Gasteiger partial charge on any atom is 0.220 e. The quantitative estimate of drug-likeness (QED) is 0.0421. The summed E-state index contributed by atoms with van der Waals surface area (Å²) in [7, 11) is 0. The molecule has 0 spiro atoms. The molecule has 0 bridgehead atoms. The van der Waals surface area contributed by atoms with Crippen LogP contribution in [0.15, 0.2) is 72.9 Å². The number of aliphatic hydroxyl groups excluding tert-OH is 2. The fraction of sp³-hybridized carbons (Fsp3) is 0.780. The first-order valence-corrected chi connectivity index (χ1v) is 27.7. The Kier molecular flexibility index (Phi) is 52.3. The lowest BCUT2D eigenvalue weighted by Gasteiger charge is -2.19. The van der Waals surface area contributed by atoms with Crippen molar-refractivity contribution >= 4 is 5.91 Å². The van der Waals surface area contributed by atoms with Crippen molar-refractivity contribution in [3.63, 3.8) is 0 Å². The first kappa shape index (κ1) is 60.8. The van der Waals surface area contributed by atoms with Crippen molar-refractivity contribution in [1.29, 1.82) is 0 Å². The number of hydrogen-bond donors (Lipinski definition) is 3. The van der Waals surface area contributed by atoms with Gasteiger partial charge in [0.05, 0.1) is 18.8 Å². The van der Waals surface area contributed by atoms with E-state index in [1.54, 1.807) is 6.08 Å². The summed E-state index contributed by atoms with van der Waals surface area (Å²) in [6, 6.07) is -0.648. The van der Waals surface area contributed by atoms with Crippen LogP contribution in [0.1, 0.15) is 277 Å². The predicted octanol–water partition coefficient (Wildman–Crippen LogP) is 18.2. The lowest BCUT2D eigenvalue weighted by atomic mass is 10.0. The lowest BCUT2D eigenvalue weighted by Crippen LogP contribution is -2.45. The summed E-state index contributed by atoms with van der Waals surface area (Å²) in [5.41, 5.74) is 0. The zero-order chi connectivity index (χ0) is 45.6. The zero-order valence-electron chi connectivity index (χ0n) is 42.1. The molecule has 3 N–H and O–H groups in total. The van der Waals surface area contributed by atoms with Crippen LogP contribution in [-0.2, 0) is 4.79 Å². The molecule has 0 aromatic rings. The van der Waals surface area contributed by atoms with Gasteiger partial charge < -0.3 is 15.5 Å². The van der Waals surface area contributed by atoms with Crippen LogP contribution in [-0.4, -0.2) is 34.9 Å². The molecule has 0 aromatic heterocycles. The lowest BCUT2D eigenvalue weighted by molar-refractivity contribution is -0.123. The van der Waals surface area contributed by atoms with Crippen LogP contribution >= 0.6 is 0 Å². The van der Waals surface area contributed by atoms with Crippen molar-refractivity contribution in [2.45, 2.75) is 289 Å². The SMILES string of the molecule is CC/C=C\C/C=C\C/C=C\C/C=C\CCCCCCCCCCC(=O)NC(CO)C(O)/C=C/CC/C=C/CCCCCCCCCCCCCCCCCCCCCCCCCC. The molecule has 0 heterocycles. The van der Waals surface area contributed by atoms with Gasteiger partial charge in [0.2, 0.25) is 5.91 Å². The Labute approximate surface area is 393 Å². The van der Waals surface area contributed by atoms with Gasteiger partial charge in [-0.1, -0.05) is 273 Å². The number of hydrogen-bond acceptors (Lipinski definition) is 3. The van der Waals surface area contributed by atoms with Gasteiger partial charge in [0.25, 0.3) is 0 Å². The number of unbranched alkanes of at least 4 members (excludes halogenated alkanes) is 33. The second-order valence-electron chi connectivity index (χ2n) is 18.6. The second-order valence-corrected chi connectivity index (χ2v) is 18.6. The third-order valence-electron chi connectivity index (χ3n) is 12.4. The molecule has 2 atom stereocenters. The van der Waals surface area contributed by atoms with Crippen molar-refractivity contribution in [3.8, 4) is 0 Å². The standard InChI is InChI=1S/C59H107NO3/c1-3-5-7-9-11-13-15-17-19-21-23-25-26-27-28-29-30-31-32-33-35-36-38-40-42-44-46-48-50-52-54-58(62)57(56-61)60-59(63)55-53-51-49-47-45-43-41-39-37-34-24-22-20-18-16-14-12-10-8-6-4-2/h6,8,12,14,18,20,24,34,44,46,52,54,57-58,61-62H,3-5,7,9-11,13,15-17,19,21-23,25-33,35-43,45,47-51,53,55-56H2,1-2H3,(H,60,63)/b8-6-,14-12-,20-18-,34-24-,46-44+,54-52+. The van der Waals surface area contributed by atoms with E-state index in [0.717, 1.165) is 64.2 Å². The highest BCUT2D eigenvalue weighted by molar-refractivity contribution is 5.76. The summed E-state index contributed by atoms with van der Waals surface area (Å²) < 4.78 is 0.